The highest BCUT2D eigenvalue weighted by molar-refractivity contribution is 6.04. The van der Waals surface area contributed by atoms with E-state index in [1.165, 1.54) is 24.7 Å². The number of carbonyl (C=O) groups excluding carboxylic acids is 1. The summed E-state index contributed by atoms with van der Waals surface area (Å²) < 4.78 is 27.4. The standard InChI is InChI=1S/C32H24FN7O4/c33-23-6-1-19(2-7-23)16-39-17-26(31(42)40-32(39)36-18-37-40)30(41)38-24-8-3-20(4-9-24)25-13-22(15-35-29(25)34)21-5-10-27-28(14-21)44-12-11-43-27/h1-10,13-15,17-18H,11-12,16H2,(H2,34,35)(H,38,41). The maximum absolute atomic E-state index is 13.4. The molecular weight excluding hydrogens is 565 g/mol. The van der Waals surface area contributed by atoms with Crippen molar-refractivity contribution in [3.8, 4) is 33.8 Å². The lowest BCUT2D eigenvalue weighted by atomic mass is 10.0. The van der Waals surface area contributed by atoms with Crippen LogP contribution in [-0.2, 0) is 6.54 Å². The van der Waals surface area contributed by atoms with Crippen molar-refractivity contribution < 1.29 is 18.7 Å². The van der Waals surface area contributed by atoms with E-state index in [0.717, 1.165) is 32.3 Å². The Balaban J connectivity index is 1.14. The SMILES string of the molecule is Nc1ncc(-c2ccc3c(c2)OCCO3)cc1-c1ccc(NC(=O)c2cn(Cc3ccc(F)cc3)c3ncnn3c2=O)cc1. The van der Waals surface area contributed by atoms with Crippen molar-refractivity contribution in [2.75, 3.05) is 24.3 Å². The van der Waals surface area contributed by atoms with E-state index in [-0.39, 0.29) is 23.7 Å². The van der Waals surface area contributed by atoms with Crippen LogP contribution in [0.2, 0.25) is 0 Å². The number of anilines is 2. The lowest BCUT2D eigenvalue weighted by molar-refractivity contribution is 0.102. The fourth-order valence-electron chi connectivity index (χ4n) is 5.03. The third kappa shape index (κ3) is 5.09. The summed E-state index contributed by atoms with van der Waals surface area (Å²) in [6.07, 6.45) is 4.37. The van der Waals surface area contributed by atoms with Crippen LogP contribution >= 0.6 is 0 Å². The van der Waals surface area contributed by atoms with Gasteiger partial charge >= 0.3 is 0 Å². The molecule has 218 valence electrons. The van der Waals surface area contributed by atoms with Gasteiger partial charge in [-0.2, -0.15) is 14.6 Å². The Kier molecular flexibility index (Phi) is 6.70. The van der Waals surface area contributed by atoms with Crippen molar-refractivity contribution in [2.24, 2.45) is 0 Å². The normalized spacial score (nSPS) is 12.3. The minimum absolute atomic E-state index is 0.130. The predicted octanol–water partition coefficient (Wildman–Crippen LogP) is 4.41. The van der Waals surface area contributed by atoms with Gasteiger partial charge in [0, 0.05) is 29.2 Å². The van der Waals surface area contributed by atoms with Crippen molar-refractivity contribution >= 4 is 23.2 Å². The zero-order valence-electron chi connectivity index (χ0n) is 23.1. The first-order valence-corrected chi connectivity index (χ1v) is 13.7. The zero-order valence-corrected chi connectivity index (χ0v) is 23.1. The Hall–Kier alpha value is -6.04. The van der Waals surface area contributed by atoms with Gasteiger partial charge in [-0.3, -0.25) is 9.59 Å². The average molecular weight is 590 g/mol. The summed E-state index contributed by atoms with van der Waals surface area (Å²) in [5, 5.41) is 6.77. The molecule has 0 fully saturated rings. The van der Waals surface area contributed by atoms with Gasteiger partial charge in [0.2, 0.25) is 5.78 Å². The summed E-state index contributed by atoms with van der Waals surface area (Å²) in [4.78, 5) is 34.9. The third-order valence-corrected chi connectivity index (χ3v) is 7.25. The second-order valence-corrected chi connectivity index (χ2v) is 10.1. The number of nitrogens with one attached hydrogen (secondary N) is 1. The first-order valence-electron chi connectivity index (χ1n) is 13.7. The number of halogens is 1. The lowest BCUT2D eigenvalue weighted by Gasteiger charge is -2.19. The zero-order chi connectivity index (χ0) is 30.2. The van der Waals surface area contributed by atoms with Crippen molar-refractivity contribution in [1.82, 2.24) is 24.1 Å². The molecule has 1 amide bonds. The van der Waals surface area contributed by atoms with Gasteiger partial charge < -0.3 is 25.1 Å². The van der Waals surface area contributed by atoms with Gasteiger partial charge in [-0.05, 0) is 59.2 Å². The summed E-state index contributed by atoms with van der Waals surface area (Å²) in [5.41, 5.74) is 9.99. The number of fused-ring (bicyclic) bond motifs is 2. The van der Waals surface area contributed by atoms with E-state index >= 15 is 0 Å². The molecule has 0 saturated carbocycles. The number of nitrogens with zero attached hydrogens (tertiary/aromatic N) is 5. The van der Waals surface area contributed by atoms with E-state index in [1.54, 1.807) is 35.0 Å². The number of pyridine rings is 1. The molecule has 1 aliphatic heterocycles. The number of hydrogen-bond acceptors (Lipinski definition) is 8. The molecule has 0 radical (unpaired) electrons. The molecule has 44 heavy (non-hydrogen) atoms. The van der Waals surface area contributed by atoms with E-state index < -0.39 is 11.5 Å². The average Bonchev–Trinajstić information content (AvgIpc) is 3.55. The molecule has 3 aromatic heterocycles. The number of aromatic nitrogens is 5. The van der Waals surface area contributed by atoms with Gasteiger partial charge in [0.15, 0.2) is 11.5 Å². The van der Waals surface area contributed by atoms with Crippen LogP contribution in [0.4, 0.5) is 15.9 Å². The topological polar surface area (TPSA) is 139 Å². The number of rotatable bonds is 6. The molecule has 11 nitrogen and oxygen atoms in total. The fraction of sp³-hybridized carbons (Fsp3) is 0.0938. The van der Waals surface area contributed by atoms with Crippen LogP contribution in [0.3, 0.4) is 0 Å². The number of carbonyl (C=O) groups is 1. The molecule has 7 rings (SSSR count). The van der Waals surface area contributed by atoms with Crippen LogP contribution < -0.4 is 26.1 Å². The second kappa shape index (κ2) is 11.0. The number of ether oxygens (including phenoxy) is 2. The quantitative estimate of drug-likeness (QED) is 0.291. The molecular formula is C32H24FN7O4. The van der Waals surface area contributed by atoms with E-state index in [4.69, 9.17) is 15.2 Å². The first kappa shape index (κ1) is 26.8. The van der Waals surface area contributed by atoms with Gasteiger partial charge in [0.25, 0.3) is 11.5 Å². The van der Waals surface area contributed by atoms with Gasteiger partial charge in [0.05, 0.1) is 6.54 Å². The van der Waals surface area contributed by atoms with Crippen molar-refractivity contribution in [1.29, 1.82) is 0 Å². The van der Waals surface area contributed by atoms with Crippen LogP contribution in [0.15, 0.2) is 96.3 Å². The molecule has 0 spiro atoms. The summed E-state index contributed by atoms with van der Waals surface area (Å²) in [5.74, 6) is 1.01. The monoisotopic (exact) mass is 589 g/mol. The molecule has 0 saturated heterocycles. The van der Waals surface area contributed by atoms with Gasteiger partial charge in [-0.25, -0.2) is 9.37 Å². The second-order valence-electron chi connectivity index (χ2n) is 10.1. The maximum Gasteiger partial charge on any atom is 0.288 e. The summed E-state index contributed by atoms with van der Waals surface area (Å²) in [7, 11) is 0. The summed E-state index contributed by atoms with van der Waals surface area (Å²) >= 11 is 0. The van der Waals surface area contributed by atoms with Gasteiger partial charge in [0.1, 0.15) is 36.7 Å². The molecule has 0 unspecified atom stereocenters. The van der Waals surface area contributed by atoms with Gasteiger partial charge in [-0.1, -0.05) is 30.3 Å². The fourth-order valence-corrected chi connectivity index (χ4v) is 5.03. The Bertz CT molecular complexity index is 2090. The van der Waals surface area contributed by atoms with E-state index in [9.17, 15) is 14.0 Å². The molecule has 0 atom stereocenters. The molecule has 0 bridgehead atoms. The van der Waals surface area contributed by atoms with Gasteiger partial charge in [-0.15, -0.1) is 0 Å². The van der Waals surface area contributed by atoms with Crippen molar-refractivity contribution in [3.05, 3.63) is 119 Å². The predicted molar refractivity (Wildman–Crippen MR) is 161 cm³/mol. The Morgan fingerprint density at radius 3 is 2.45 bits per heavy atom. The Labute approximate surface area is 249 Å². The van der Waals surface area contributed by atoms with Crippen LogP contribution in [0.1, 0.15) is 15.9 Å². The van der Waals surface area contributed by atoms with Crippen LogP contribution in [0.25, 0.3) is 28.0 Å². The molecule has 0 aliphatic carbocycles. The lowest BCUT2D eigenvalue weighted by Crippen LogP contribution is -2.29. The summed E-state index contributed by atoms with van der Waals surface area (Å²) in [6.45, 7) is 1.26. The smallest absolute Gasteiger partial charge is 0.288 e. The third-order valence-electron chi connectivity index (χ3n) is 7.25. The maximum atomic E-state index is 13.4. The number of hydrogen-bond donors (Lipinski definition) is 2. The first-order chi connectivity index (χ1) is 21.4. The van der Waals surface area contributed by atoms with E-state index in [1.807, 2.05) is 36.4 Å². The number of benzene rings is 3. The minimum Gasteiger partial charge on any atom is -0.486 e. The molecule has 3 N–H and O–H groups in total. The van der Waals surface area contributed by atoms with E-state index in [2.05, 4.69) is 20.4 Å². The minimum atomic E-state index is -0.616. The molecule has 4 heterocycles. The highest BCUT2D eigenvalue weighted by Crippen LogP contribution is 2.36. The highest BCUT2D eigenvalue weighted by atomic mass is 19.1. The Morgan fingerprint density at radius 2 is 1.66 bits per heavy atom. The summed E-state index contributed by atoms with van der Waals surface area (Å²) in [6, 6.07) is 20.6. The molecule has 1 aliphatic rings. The molecule has 6 aromatic rings. The van der Waals surface area contributed by atoms with Crippen LogP contribution in [-0.4, -0.2) is 43.3 Å². The number of nitrogen functional groups attached to an aromatic ring is 1. The highest BCUT2D eigenvalue weighted by Gasteiger charge is 2.18. The Morgan fingerprint density at radius 1 is 0.909 bits per heavy atom. The van der Waals surface area contributed by atoms with Crippen LogP contribution in [0.5, 0.6) is 11.5 Å². The molecule has 12 heteroatoms. The largest absolute Gasteiger partial charge is 0.486 e. The number of nitrogens with two attached hydrogens (primary N) is 1. The van der Waals surface area contributed by atoms with Crippen molar-refractivity contribution in [3.63, 3.8) is 0 Å². The number of amides is 1. The molecule has 3 aromatic carbocycles. The van der Waals surface area contributed by atoms with E-state index in [0.29, 0.717) is 36.2 Å². The van der Waals surface area contributed by atoms with Crippen LogP contribution in [0, 0.1) is 5.82 Å². The van der Waals surface area contributed by atoms with Crippen molar-refractivity contribution in [2.45, 2.75) is 6.54 Å².